The van der Waals surface area contributed by atoms with Crippen LogP contribution in [0.3, 0.4) is 0 Å². The van der Waals surface area contributed by atoms with Crippen molar-refractivity contribution in [1.29, 1.82) is 0 Å². The molecule has 3 rings (SSSR count). The van der Waals surface area contributed by atoms with E-state index >= 15 is 0 Å². The van der Waals surface area contributed by atoms with Gasteiger partial charge in [0.2, 0.25) is 4.96 Å². The summed E-state index contributed by atoms with van der Waals surface area (Å²) in [5.74, 6) is 0. The molecule has 0 saturated heterocycles. The topological polar surface area (TPSA) is 50.5 Å². The van der Waals surface area contributed by atoms with Gasteiger partial charge in [-0.3, -0.25) is 9.69 Å². The van der Waals surface area contributed by atoms with Gasteiger partial charge >= 0.3 is 0 Å². The summed E-state index contributed by atoms with van der Waals surface area (Å²) >= 11 is 1.44. The maximum atomic E-state index is 12.1. The average Bonchev–Trinajstić information content (AvgIpc) is 2.88. The number of aromatic nitrogens is 3. The zero-order chi connectivity index (χ0) is 16.6. The van der Waals surface area contributed by atoms with E-state index in [4.69, 9.17) is 0 Å². The summed E-state index contributed by atoms with van der Waals surface area (Å²) in [5.41, 5.74) is 3.17. The van der Waals surface area contributed by atoms with Gasteiger partial charge in [-0.25, -0.2) is 4.98 Å². The van der Waals surface area contributed by atoms with Gasteiger partial charge < -0.3 is 0 Å². The first-order valence-corrected chi connectivity index (χ1v) is 8.39. The molecule has 0 amide bonds. The lowest BCUT2D eigenvalue weighted by Gasteiger charge is -2.24. The normalized spacial score (nSPS) is 12.9. The van der Waals surface area contributed by atoms with Crippen LogP contribution in [-0.2, 0) is 6.54 Å². The summed E-state index contributed by atoms with van der Waals surface area (Å²) in [6.07, 6.45) is 0. The van der Waals surface area contributed by atoms with Crippen LogP contribution in [0.15, 0.2) is 35.1 Å². The van der Waals surface area contributed by atoms with Gasteiger partial charge in [-0.15, -0.1) is 0 Å². The van der Waals surface area contributed by atoms with E-state index < -0.39 is 0 Å². The molecule has 0 N–H and O–H groups in total. The van der Waals surface area contributed by atoms with Gasteiger partial charge in [-0.05, 0) is 33.4 Å². The maximum Gasteiger partial charge on any atom is 0.275 e. The summed E-state index contributed by atoms with van der Waals surface area (Å²) in [6, 6.07) is 10.4. The van der Waals surface area contributed by atoms with Crippen LogP contribution in [0.2, 0.25) is 0 Å². The zero-order valence-corrected chi connectivity index (χ0v) is 14.6. The first-order valence-electron chi connectivity index (χ1n) is 7.57. The number of hydrogen-bond acceptors (Lipinski definition) is 5. The largest absolute Gasteiger partial charge is 0.294 e. The summed E-state index contributed by atoms with van der Waals surface area (Å²) < 4.78 is 1.37. The van der Waals surface area contributed by atoms with E-state index in [-0.39, 0.29) is 11.6 Å². The van der Waals surface area contributed by atoms with Gasteiger partial charge in [0.15, 0.2) is 0 Å². The molecule has 0 bridgehead atoms. The fourth-order valence-corrected chi connectivity index (χ4v) is 3.29. The van der Waals surface area contributed by atoms with Gasteiger partial charge in [-0.2, -0.15) is 9.61 Å². The minimum absolute atomic E-state index is 0.120. The Morgan fingerprint density at radius 1 is 1.26 bits per heavy atom. The first-order chi connectivity index (χ1) is 10.9. The van der Waals surface area contributed by atoms with E-state index in [1.165, 1.54) is 27.0 Å². The molecule has 120 valence electrons. The summed E-state index contributed by atoms with van der Waals surface area (Å²) in [5, 5.41) is 5.01. The lowest BCUT2D eigenvalue weighted by Crippen LogP contribution is -2.24. The van der Waals surface area contributed by atoms with Crippen molar-refractivity contribution in [3.05, 3.63) is 62.5 Å². The summed E-state index contributed by atoms with van der Waals surface area (Å²) in [6.45, 7) is 6.75. The highest BCUT2D eigenvalue weighted by Gasteiger charge is 2.14. The maximum absolute atomic E-state index is 12.1. The van der Waals surface area contributed by atoms with Crippen LogP contribution >= 0.6 is 11.3 Å². The van der Waals surface area contributed by atoms with Gasteiger partial charge in [0, 0.05) is 18.7 Å². The quantitative estimate of drug-likeness (QED) is 0.739. The fourth-order valence-electron chi connectivity index (χ4n) is 2.52. The molecule has 2 heterocycles. The van der Waals surface area contributed by atoms with Crippen LogP contribution in [0.5, 0.6) is 0 Å². The molecule has 0 aliphatic heterocycles. The second kappa shape index (κ2) is 6.22. The van der Waals surface area contributed by atoms with Gasteiger partial charge in [0.1, 0.15) is 5.01 Å². The average molecular weight is 328 g/mol. The van der Waals surface area contributed by atoms with Crippen LogP contribution in [0.4, 0.5) is 0 Å². The third-order valence-electron chi connectivity index (χ3n) is 4.03. The SMILES string of the molecule is Cc1ccc(C(C)N(C)Cc2cc(=O)n3nc(C)sc3n2)cc1. The Balaban J connectivity index is 1.83. The van der Waals surface area contributed by atoms with Gasteiger partial charge in [0.05, 0.1) is 5.69 Å². The van der Waals surface area contributed by atoms with Gasteiger partial charge in [-0.1, -0.05) is 41.2 Å². The van der Waals surface area contributed by atoms with Gasteiger partial charge in [0.25, 0.3) is 5.56 Å². The molecule has 0 spiro atoms. The Morgan fingerprint density at radius 3 is 2.65 bits per heavy atom. The Morgan fingerprint density at radius 2 is 1.96 bits per heavy atom. The van der Waals surface area contributed by atoms with E-state index in [1.807, 2.05) is 14.0 Å². The molecule has 0 aliphatic carbocycles. The molecule has 1 atom stereocenters. The molecule has 1 aromatic carbocycles. The number of fused-ring (bicyclic) bond motifs is 1. The Bertz CT molecular complexity index is 882. The van der Waals surface area contributed by atoms with Crippen LogP contribution < -0.4 is 5.56 Å². The van der Waals surface area contributed by atoms with Crippen molar-refractivity contribution in [2.24, 2.45) is 0 Å². The van der Waals surface area contributed by atoms with Crippen LogP contribution in [0.1, 0.15) is 34.8 Å². The smallest absolute Gasteiger partial charge is 0.275 e. The number of aryl methyl sites for hydroxylation is 2. The Hall–Kier alpha value is -2.05. The summed E-state index contributed by atoms with van der Waals surface area (Å²) in [7, 11) is 2.05. The molecule has 0 aliphatic rings. The second-order valence-corrected chi connectivity index (χ2v) is 7.06. The molecule has 0 fully saturated rings. The number of hydrogen-bond donors (Lipinski definition) is 0. The van der Waals surface area contributed by atoms with Crippen molar-refractivity contribution < 1.29 is 0 Å². The van der Waals surface area contributed by atoms with E-state index in [0.29, 0.717) is 11.5 Å². The van der Waals surface area contributed by atoms with E-state index in [9.17, 15) is 4.79 Å². The minimum atomic E-state index is -0.120. The fraction of sp³-hybridized carbons (Fsp3) is 0.353. The highest BCUT2D eigenvalue weighted by atomic mass is 32.1. The lowest BCUT2D eigenvalue weighted by molar-refractivity contribution is 0.250. The molecule has 0 radical (unpaired) electrons. The molecule has 2 aromatic heterocycles. The van der Waals surface area contributed by atoms with Crippen molar-refractivity contribution in [2.45, 2.75) is 33.4 Å². The van der Waals surface area contributed by atoms with Crippen molar-refractivity contribution >= 4 is 16.3 Å². The highest BCUT2D eigenvalue weighted by Crippen LogP contribution is 2.21. The predicted molar refractivity (Wildman–Crippen MR) is 92.9 cm³/mol. The molecule has 1 unspecified atom stereocenters. The number of rotatable bonds is 4. The standard InChI is InChI=1S/C17H20N4OS/c1-11-5-7-14(8-6-11)12(2)20(4)10-15-9-16(22)21-17(18-15)23-13(3)19-21/h5-9,12H,10H2,1-4H3. The number of nitrogens with zero attached hydrogens (tertiary/aromatic N) is 4. The van der Waals surface area contributed by atoms with Crippen molar-refractivity contribution in [3.8, 4) is 0 Å². The van der Waals surface area contributed by atoms with E-state index in [2.05, 4.69) is 53.1 Å². The molecule has 6 heteroatoms. The molecular weight excluding hydrogens is 308 g/mol. The monoisotopic (exact) mass is 328 g/mol. The molecule has 5 nitrogen and oxygen atoms in total. The molecular formula is C17H20N4OS. The third kappa shape index (κ3) is 3.33. The lowest BCUT2D eigenvalue weighted by atomic mass is 10.1. The van der Waals surface area contributed by atoms with Crippen LogP contribution in [0.25, 0.3) is 4.96 Å². The molecule has 23 heavy (non-hydrogen) atoms. The van der Waals surface area contributed by atoms with E-state index in [1.54, 1.807) is 6.07 Å². The van der Waals surface area contributed by atoms with Crippen LogP contribution in [-0.4, -0.2) is 26.5 Å². The van der Waals surface area contributed by atoms with Crippen LogP contribution in [0, 0.1) is 13.8 Å². The van der Waals surface area contributed by atoms with Crippen molar-refractivity contribution in [3.63, 3.8) is 0 Å². The molecule has 0 saturated carbocycles. The summed E-state index contributed by atoms with van der Waals surface area (Å²) in [4.78, 5) is 19.5. The Labute approximate surface area is 139 Å². The predicted octanol–water partition coefficient (Wildman–Crippen LogP) is 2.96. The zero-order valence-electron chi connectivity index (χ0n) is 13.8. The Kier molecular flexibility index (Phi) is 4.28. The molecule has 3 aromatic rings. The number of benzene rings is 1. The highest BCUT2D eigenvalue weighted by molar-refractivity contribution is 7.16. The van der Waals surface area contributed by atoms with Crippen molar-refractivity contribution in [2.75, 3.05) is 7.05 Å². The minimum Gasteiger partial charge on any atom is -0.294 e. The van der Waals surface area contributed by atoms with Crippen molar-refractivity contribution in [1.82, 2.24) is 19.5 Å². The third-order valence-corrected chi connectivity index (χ3v) is 4.86. The first kappa shape index (κ1) is 15.8. The second-order valence-electron chi connectivity index (χ2n) is 5.90. The van der Waals surface area contributed by atoms with E-state index in [0.717, 1.165) is 10.7 Å².